The lowest BCUT2D eigenvalue weighted by atomic mass is 9.99. The van der Waals surface area contributed by atoms with Gasteiger partial charge >= 0.3 is 0 Å². The van der Waals surface area contributed by atoms with E-state index in [0.29, 0.717) is 12.8 Å². The highest BCUT2D eigenvalue weighted by Gasteiger charge is 2.44. The fraction of sp³-hybridized carbons (Fsp3) is 0.976. The van der Waals surface area contributed by atoms with Crippen molar-refractivity contribution in [1.82, 2.24) is 5.32 Å². The maximum atomic E-state index is 12.9. The molecule has 1 fully saturated rings. The molecule has 9 nitrogen and oxygen atoms in total. The quantitative estimate of drug-likeness (QED) is 0.0353. The van der Waals surface area contributed by atoms with Gasteiger partial charge in [0.2, 0.25) is 5.91 Å². The molecule has 7 atom stereocenters. The zero-order valence-electron chi connectivity index (χ0n) is 33.1. The zero-order valence-corrected chi connectivity index (χ0v) is 33.1. The molecule has 0 aromatic carbocycles. The summed E-state index contributed by atoms with van der Waals surface area (Å²) in [5.74, 6) is -0.142. The predicted molar refractivity (Wildman–Crippen MR) is 208 cm³/mol. The molecular formula is C42H83NO8. The summed E-state index contributed by atoms with van der Waals surface area (Å²) in [7, 11) is 0. The molecule has 0 spiro atoms. The van der Waals surface area contributed by atoms with Gasteiger partial charge in [-0.15, -0.1) is 0 Å². The van der Waals surface area contributed by atoms with Gasteiger partial charge in [0.05, 0.1) is 25.4 Å². The highest BCUT2D eigenvalue weighted by molar-refractivity contribution is 5.76. The van der Waals surface area contributed by atoms with Crippen LogP contribution in [0.1, 0.15) is 206 Å². The maximum absolute atomic E-state index is 12.9. The summed E-state index contributed by atoms with van der Waals surface area (Å²) in [4.78, 5) is 12.9. The number of aliphatic hydroxyl groups excluding tert-OH is 5. The van der Waals surface area contributed by atoms with Crippen molar-refractivity contribution in [3.05, 3.63) is 0 Å². The van der Waals surface area contributed by atoms with Gasteiger partial charge in [0.25, 0.3) is 0 Å². The Labute approximate surface area is 313 Å². The van der Waals surface area contributed by atoms with Crippen molar-refractivity contribution >= 4 is 5.91 Å². The summed E-state index contributed by atoms with van der Waals surface area (Å²) in [6, 6.07) is -0.710. The molecular weight excluding hydrogens is 646 g/mol. The second kappa shape index (κ2) is 33.7. The fourth-order valence-corrected chi connectivity index (χ4v) is 7.16. The van der Waals surface area contributed by atoms with Gasteiger partial charge in [-0.3, -0.25) is 4.79 Å². The molecule has 9 heteroatoms. The molecule has 304 valence electrons. The van der Waals surface area contributed by atoms with Crippen molar-refractivity contribution in [2.24, 2.45) is 0 Å². The first-order valence-corrected chi connectivity index (χ1v) is 21.7. The standard InChI is InChI=1S/C42H83NO8/c1-3-5-7-9-11-13-15-17-18-20-22-24-26-28-30-32-38(46)43-35(34-50-42-41(49)40(48)39(47)37(33-44)51-42)36(45)31-29-27-25-23-21-19-16-14-12-10-8-6-4-2/h35-37,39-42,44-45,47-49H,3-34H2,1-2H3,(H,43,46)/t35-,36+,37?,39?,40?,41?,42?/m0/s1. The summed E-state index contributed by atoms with van der Waals surface area (Å²) >= 11 is 0. The van der Waals surface area contributed by atoms with Gasteiger partial charge in [-0.1, -0.05) is 187 Å². The predicted octanol–water partition coefficient (Wildman–Crippen LogP) is 8.39. The van der Waals surface area contributed by atoms with Crippen molar-refractivity contribution in [3.63, 3.8) is 0 Å². The summed E-state index contributed by atoms with van der Waals surface area (Å²) in [5, 5.41) is 54.2. The number of amides is 1. The Kier molecular flexibility index (Phi) is 31.9. The number of carbonyl (C=O) groups is 1. The first-order chi connectivity index (χ1) is 24.8. The molecule has 51 heavy (non-hydrogen) atoms. The van der Waals surface area contributed by atoms with Crippen LogP contribution in [0.15, 0.2) is 0 Å². The third-order valence-electron chi connectivity index (χ3n) is 10.7. The number of aliphatic hydroxyl groups is 5. The third-order valence-corrected chi connectivity index (χ3v) is 10.7. The van der Waals surface area contributed by atoms with E-state index in [2.05, 4.69) is 19.2 Å². The maximum Gasteiger partial charge on any atom is 0.220 e. The largest absolute Gasteiger partial charge is 0.394 e. The summed E-state index contributed by atoms with van der Waals surface area (Å²) in [5.41, 5.74) is 0. The lowest BCUT2D eigenvalue weighted by Gasteiger charge is -2.40. The Morgan fingerprint density at radius 3 is 1.39 bits per heavy atom. The smallest absolute Gasteiger partial charge is 0.220 e. The van der Waals surface area contributed by atoms with Crippen LogP contribution in [-0.2, 0) is 14.3 Å². The number of hydrogen-bond acceptors (Lipinski definition) is 8. The number of nitrogens with one attached hydrogen (secondary N) is 1. The number of unbranched alkanes of at least 4 members (excludes halogenated alkanes) is 26. The van der Waals surface area contributed by atoms with Crippen LogP contribution >= 0.6 is 0 Å². The van der Waals surface area contributed by atoms with E-state index in [4.69, 9.17) is 9.47 Å². The van der Waals surface area contributed by atoms with E-state index >= 15 is 0 Å². The van der Waals surface area contributed by atoms with Gasteiger partial charge in [0.15, 0.2) is 6.29 Å². The molecule has 1 aliphatic heterocycles. The second-order valence-electron chi connectivity index (χ2n) is 15.5. The van der Waals surface area contributed by atoms with E-state index in [0.717, 1.165) is 38.5 Å². The highest BCUT2D eigenvalue weighted by atomic mass is 16.7. The van der Waals surface area contributed by atoms with Crippen molar-refractivity contribution in [2.75, 3.05) is 13.2 Å². The molecule has 0 aromatic heterocycles. The zero-order chi connectivity index (χ0) is 37.4. The van der Waals surface area contributed by atoms with Crippen LogP contribution in [0, 0.1) is 0 Å². The van der Waals surface area contributed by atoms with E-state index in [1.165, 1.54) is 141 Å². The Morgan fingerprint density at radius 2 is 0.980 bits per heavy atom. The number of rotatable bonds is 36. The Morgan fingerprint density at radius 1 is 0.588 bits per heavy atom. The fourth-order valence-electron chi connectivity index (χ4n) is 7.16. The van der Waals surface area contributed by atoms with E-state index in [-0.39, 0.29) is 12.5 Å². The minimum atomic E-state index is -1.55. The van der Waals surface area contributed by atoms with Gasteiger partial charge in [0, 0.05) is 6.42 Å². The Bertz CT molecular complexity index is 771. The van der Waals surface area contributed by atoms with Crippen LogP contribution in [0.2, 0.25) is 0 Å². The first kappa shape index (κ1) is 48.2. The van der Waals surface area contributed by atoms with Gasteiger partial charge < -0.3 is 40.3 Å². The Hall–Kier alpha value is -0.810. The van der Waals surface area contributed by atoms with Crippen molar-refractivity contribution in [3.8, 4) is 0 Å². The molecule has 0 aliphatic carbocycles. The van der Waals surface area contributed by atoms with E-state index < -0.39 is 49.5 Å². The van der Waals surface area contributed by atoms with Gasteiger partial charge in [-0.25, -0.2) is 0 Å². The van der Waals surface area contributed by atoms with Crippen molar-refractivity contribution < 1.29 is 39.8 Å². The minimum absolute atomic E-state index is 0.132. The van der Waals surface area contributed by atoms with E-state index in [9.17, 15) is 30.3 Å². The van der Waals surface area contributed by atoms with Crippen LogP contribution in [0.4, 0.5) is 0 Å². The molecule has 0 radical (unpaired) electrons. The van der Waals surface area contributed by atoms with Crippen LogP contribution in [-0.4, -0.2) is 87.5 Å². The molecule has 1 aliphatic rings. The monoisotopic (exact) mass is 730 g/mol. The average Bonchev–Trinajstić information content (AvgIpc) is 3.13. The topological polar surface area (TPSA) is 149 Å². The second-order valence-corrected chi connectivity index (χ2v) is 15.5. The molecule has 1 heterocycles. The number of hydrogen-bond donors (Lipinski definition) is 6. The third kappa shape index (κ3) is 25.0. The molecule has 1 amide bonds. The van der Waals surface area contributed by atoms with Crippen LogP contribution in [0.25, 0.3) is 0 Å². The average molecular weight is 730 g/mol. The number of carbonyl (C=O) groups excluding carboxylic acids is 1. The molecule has 0 aromatic rings. The molecule has 0 bridgehead atoms. The van der Waals surface area contributed by atoms with E-state index in [1.807, 2.05) is 0 Å². The van der Waals surface area contributed by atoms with Crippen molar-refractivity contribution in [1.29, 1.82) is 0 Å². The number of ether oxygens (including phenoxy) is 2. The van der Waals surface area contributed by atoms with Crippen LogP contribution in [0.5, 0.6) is 0 Å². The van der Waals surface area contributed by atoms with Crippen molar-refractivity contribution in [2.45, 2.75) is 249 Å². The van der Waals surface area contributed by atoms with E-state index in [1.54, 1.807) is 0 Å². The SMILES string of the molecule is CCCCCCCCCCCCCCCCCC(=O)N[C@@H](COC1OC(CO)C(O)C(O)C1O)[C@H](O)CCCCCCCCCCCCCCC. The van der Waals surface area contributed by atoms with Crippen LogP contribution in [0.3, 0.4) is 0 Å². The molecule has 6 N–H and O–H groups in total. The summed E-state index contributed by atoms with van der Waals surface area (Å²) in [6.45, 7) is 3.83. The first-order valence-electron chi connectivity index (χ1n) is 21.7. The molecule has 1 rings (SSSR count). The van der Waals surface area contributed by atoms with Gasteiger partial charge in [-0.2, -0.15) is 0 Å². The lowest BCUT2D eigenvalue weighted by molar-refractivity contribution is -0.302. The normalized spacial score (nSPS) is 21.9. The Balaban J connectivity index is 2.35. The highest BCUT2D eigenvalue weighted by Crippen LogP contribution is 2.23. The molecule has 5 unspecified atom stereocenters. The lowest BCUT2D eigenvalue weighted by Crippen LogP contribution is -2.60. The van der Waals surface area contributed by atoms with Gasteiger partial charge in [0.1, 0.15) is 24.4 Å². The summed E-state index contributed by atoms with van der Waals surface area (Å²) in [6.07, 6.45) is 28.2. The van der Waals surface area contributed by atoms with Crippen LogP contribution < -0.4 is 5.32 Å². The molecule has 1 saturated heterocycles. The summed E-state index contributed by atoms with van der Waals surface area (Å²) < 4.78 is 11.2. The molecule has 0 saturated carbocycles. The minimum Gasteiger partial charge on any atom is -0.394 e. The van der Waals surface area contributed by atoms with Gasteiger partial charge in [-0.05, 0) is 12.8 Å².